The van der Waals surface area contributed by atoms with Gasteiger partial charge in [-0.2, -0.15) is 0 Å². The SMILES string of the molecule is COc1ccc(C)cc1C(=O)OCc1cc(-c2ccco2)on1. The largest absolute Gasteiger partial charge is 0.496 e. The number of carbonyl (C=O) groups is 1. The maximum atomic E-state index is 12.2. The molecule has 0 saturated heterocycles. The molecule has 0 fully saturated rings. The van der Waals surface area contributed by atoms with Crippen LogP contribution in [0.4, 0.5) is 0 Å². The van der Waals surface area contributed by atoms with Crippen LogP contribution in [0.5, 0.6) is 5.75 Å². The average Bonchev–Trinajstić information content (AvgIpc) is 3.23. The first-order valence-corrected chi connectivity index (χ1v) is 6.98. The minimum absolute atomic E-state index is 0.000137. The van der Waals surface area contributed by atoms with Gasteiger partial charge in [-0.25, -0.2) is 4.79 Å². The van der Waals surface area contributed by atoms with E-state index in [0.29, 0.717) is 28.5 Å². The number of methoxy groups -OCH3 is 1. The van der Waals surface area contributed by atoms with Crippen molar-refractivity contribution in [2.24, 2.45) is 0 Å². The number of furan rings is 1. The second-order valence-electron chi connectivity index (χ2n) is 4.94. The summed E-state index contributed by atoms with van der Waals surface area (Å²) in [5.74, 6) is 1.04. The number of aromatic nitrogens is 1. The summed E-state index contributed by atoms with van der Waals surface area (Å²) in [6, 6.07) is 10.5. The highest BCUT2D eigenvalue weighted by Crippen LogP contribution is 2.23. The fraction of sp³-hybridized carbons (Fsp3) is 0.176. The van der Waals surface area contributed by atoms with Crippen LogP contribution in [-0.2, 0) is 11.3 Å². The zero-order valence-electron chi connectivity index (χ0n) is 12.7. The second-order valence-corrected chi connectivity index (χ2v) is 4.94. The van der Waals surface area contributed by atoms with Crippen molar-refractivity contribution in [3.63, 3.8) is 0 Å². The van der Waals surface area contributed by atoms with Crippen LogP contribution in [0.15, 0.2) is 51.6 Å². The number of aryl methyl sites for hydroxylation is 1. The number of benzene rings is 1. The lowest BCUT2D eigenvalue weighted by Crippen LogP contribution is -2.07. The molecule has 0 aliphatic rings. The van der Waals surface area contributed by atoms with Crippen molar-refractivity contribution in [2.75, 3.05) is 7.11 Å². The van der Waals surface area contributed by atoms with Gasteiger partial charge in [0.25, 0.3) is 0 Å². The Morgan fingerprint density at radius 1 is 1.22 bits per heavy atom. The lowest BCUT2D eigenvalue weighted by atomic mass is 10.1. The molecule has 23 heavy (non-hydrogen) atoms. The van der Waals surface area contributed by atoms with Crippen molar-refractivity contribution in [3.05, 3.63) is 59.5 Å². The quantitative estimate of drug-likeness (QED) is 0.670. The van der Waals surface area contributed by atoms with Crippen LogP contribution in [0.2, 0.25) is 0 Å². The first-order chi connectivity index (χ1) is 11.2. The molecule has 3 rings (SSSR count). The molecule has 1 aromatic carbocycles. The van der Waals surface area contributed by atoms with Crippen LogP contribution in [0.1, 0.15) is 21.6 Å². The van der Waals surface area contributed by atoms with Crippen LogP contribution in [0.25, 0.3) is 11.5 Å². The Balaban J connectivity index is 1.69. The number of carbonyl (C=O) groups excluding carboxylic acids is 1. The van der Waals surface area contributed by atoms with Crippen LogP contribution < -0.4 is 4.74 Å². The normalized spacial score (nSPS) is 10.5. The third-order valence-electron chi connectivity index (χ3n) is 3.25. The molecule has 0 atom stereocenters. The summed E-state index contributed by atoms with van der Waals surface area (Å²) in [6.07, 6.45) is 1.54. The Morgan fingerprint density at radius 2 is 2.09 bits per heavy atom. The van der Waals surface area contributed by atoms with Gasteiger partial charge in [0.1, 0.15) is 23.6 Å². The zero-order valence-corrected chi connectivity index (χ0v) is 12.7. The van der Waals surface area contributed by atoms with Gasteiger partial charge in [-0.3, -0.25) is 0 Å². The standard InChI is InChI=1S/C17H15NO5/c1-11-5-6-14(20-2)13(8-11)17(19)22-10-12-9-16(23-18-12)15-4-3-7-21-15/h3-9H,10H2,1-2H3. The van der Waals surface area contributed by atoms with E-state index < -0.39 is 5.97 Å². The first-order valence-electron chi connectivity index (χ1n) is 6.98. The summed E-state index contributed by atoms with van der Waals surface area (Å²) in [5.41, 5.74) is 1.82. The fourth-order valence-electron chi connectivity index (χ4n) is 2.11. The number of nitrogens with zero attached hydrogens (tertiary/aromatic N) is 1. The summed E-state index contributed by atoms with van der Waals surface area (Å²) in [5, 5.41) is 3.85. The molecule has 2 aromatic heterocycles. The lowest BCUT2D eigenvalue weighted by Gasteiger charge is -2.08. The number of hydrogen-bond donors (Lipinski definition) is 0. The van der Waals surface area contributed by atoms with Gasteiger partial charge in [0.2, 0.25) is 5.76 Å². The summed E-state index contributed by atoms with van der Waals surface area (Å²) < 4.78 is 20.8. The van der Waals surface area contributed by atoms with Crippen LogP contribution in [0, 0.1) is 6.92 Å². The van der Waals surface area contributed by atoms with Gasteiger partial charge in [-0.15, -0.1) is 0 Å². The van der Waals surface area contributed by atoms with E-state index in [2.05, 4.69) is 5.16 Å². The molecule has 0 spiro atoms. The van der Waals surface area contributed by atoms with E-state index in [9.17, 15) is 4.79 Å². The van der Waals surface area contributed by atoms with Crippen molar-refractivity contribution in [2.45, 2.75) is 13.5 Å². The highest BCUT2D eigenvalue weighted by Gasteiger charge is 2.16. The Morgan fingerprint density at radius 3 is 2.83 bits per heavy atom. The van der Waals surface area contributed by atoms with E-state index >= 15 is 0 Å². The average molecular weight is 313 g/mol. The number of hydrogen-bond acceptors (Lipinski definition) is 6. The number of rotatable bonds is 5. The lowest BCUT2D eigenvalue weighted by molar-refractivity contribution is 0.0460. The van der Waals surface area contributed by atoms with Crippen LogP contribution in [-0.4, -0.2) is 18.2 Å². The number of ether oxygens (including phenoxy) is 2. The molecular weight excluding hydrogens is 298 g/mol. The molecule has 0 bridgehead atoms. The predicted octanol–water partition coefficient (Wildman–Crippen LogP) is 3.61. The number of esters is 1. The van der Waals surface area contributed by atoms with Gasteiger partial charge in [0.05, 0.1) is 13.4 Å². The molecule has 0 aliphatic heterocycles. The van der Waals surface area contributed by atoms with Crippen molar-refractivity contribution < 1.29 is 23.2 Å². The minimum atomic E-state index is -0.479. The highest BCUT2D eigenvalue weighted by molar-refractivity contribution is 5.92. The van der Waals surface area contributed by atoms with E-state index in [0.717, 1.165) is 5.56 Å². The monoisotopic (exact) mass is 313 g/mol. The van der Waals surface area contributed by atoms with Gasteiger partial charge < -0.3 is 18.4 Å². The van der Waals surface area contributed by atoms with Gasteiger partial charge in [0.15, 0.2) is 5.76 Å². The van der Waals surface area contributed by atoms with E-state index in [-0.39, 0.29) is 6.61 Å². The minimum Gasteiger partial charge on any atom is -0.496 e. The smallest absolute Gasteiger partial charge is 0.342 e. The fourth-order valence-corrected chi connectivity index (χ4v) is 2.11. The Hall–Kier alpha value is -3.02. The topological polar surface area (TPSA) is 74.7 Å². The summed E-state index contributed by atoms with van der Waals surface area (Å²) in [4.78, 5) is 12.2. The molecular formula is C17H15NO5. The molecule has 0 N–H and O–H groups in total. The Bertz CT molecular complexity index is 804. The molecule has 118 valence electrons. The third kappa shape index (κ3) is 3.26. The maximum Gasteiger partial charge on any atom is 0.342 e. The molecule has 0 aliphatic carbocycles. The predicted molar refractivity (Wildman–Crippen MR) is 81.1 cm³/mol. The van der Waals surface area contributed by atoms with Gasteiger partial charge in [0, 0.05) is 6.07 Å². The summed E-state index contributed by atoms with van der Waals surface area (Å²) >= 11 is 0. The first kappa shape index (κ1) is 14.9. The molecule has 6 nitrogen and oxygen atoms in total. The van der Waals surface area contributed by atoms with Crippen molar-refractivity contribution >= 4 is 5.97 Å². The Labute approximate surface area is 132 Å². The van der Waals surface area contributed by atoms with E-state index in [4.69, 9.17) is 18.4 Å². The molecule has 2 heterocycles. The maximum absolute atomic E-state index is 12.2. The third-order valence-corrected chi connectivity index (χ3v) is 3.25. The summed E-state index contributed by atoms with van der Waals surface area (Å²) in [6.45, 7) is 1.89. The second kappa shape index (κ2) is 6.39. The van der Waals surface area contributed by atoms with Gasteiger partial charge in [-0.05, 0) is 31.2 Å². The molecule has 0 amide bonds. The molecule has 0 saturated carbocycles. The van der Waals surface area contributed by atoms with Crippen LogP contribution >= 0.6 is 0 Å². The molecule has 6 heteroatoms. The zero-order chi connectivity index (χ0) is 16.2. The van der Waals surface area contributed by atoms with Crippen molar-refractivity contribution in [1.29, 1.82) is 0 Å². The van der Waals surface area contributed by atoms with Crippen molar-refractivity contribution in [1.82, 2.24) is 5.16 Å². The van der Waals surface area contributed by atoms with E-state index in [1.807, 2.05) is 13.0 Å². The van der Waals surface area contributed by atoms with E-state index in [1.165, 1.54) is 7.11 Å². The van der Waals surface area contributed by atoms with Crippen molar-refractivity contribution in [3.8, 4) is 17.3 Å². The Kier molecular flexibility index (Phi) is 4.14. The van der Waals surface area contributed by atoms with Gasteiger partial charge >= 0.3 is 5.97 Å². The van der Waals surface area contributed by atoms with Crippen LogP contribution in [0.3, 0.4) is 0 Å². The summed E-state index contributed by atoms with van der Waals surface area (Å²) in [7, 11) is 1.51. The van der Waals surface area contributed by atoms with Gasteiger partial charge in [-0.1, -0.05) is 16.8 Å². The molecule has 0 unspecified atom stereocenters. The van der Waals surface area contributed by atoms with E-state index in [1.54, 1.807) is 36.6 Å². The molecule has 3 aromatic rings. The highest BCUT2D eigenvalue weighted by atomic mass is 16.5. The molecule has 0 radical (unpaired) electrons.